The Morgan fingerprint density at radius 3 is 2.73 bits per heavy atom. The molecule has 0 atom stereocenters. The Balaban J connectivity index is 2.24. The molecule has 0 unspecified atom stereocenters. The van der Waals surface area contributed by atoms with Crippen LogP contribution in [0.3, 0.4) is 0 Å². The second-order valence-corrected chi connectivity index (χ2v) is 2.87. The summed E-state index contributed by atoms with van der Waals surface area (Å²) in [6.07, 6.45) is -1.18. The van der Waals surface area contributed by atoms with Crippen molar-refractivity contribution in [2.24, 2.45) is 0 Å². The van der Waals surface area contributed by atoms with Crippen LogP contribution >= 0.6 is 0 Å². The van der Waals surface area contributed by atoms with Crippen molar-refractivity contribution >= 4 is 12.0 Å². The predicted octanol–water partition coefficient (Wildman–Crippen LogP) is 2.43. The van der Waals surface area contributed by atoms with Gasteiger partial charge in [-0.3, -0.25) is 5.32 Å². The molecule has 0 spiro atoms. The average molecular weight is 204 g/mol. The second kappa shape index (κ2) is 3.83. The van der Waals surface area contributed by atoms with Crippen LogP contribution in [-0.4, -0.2) is 16.4 Å². The van der Waals surface area contributed by atoms with E-state index in [1.54, 1.807) is 0 Å². The number of hydrogen-bond donors (Lipinski definition) is 2. The van der Waals surface area contributed by atoms with Crippen LogP contribution in [0.5, 0.6) is 0 Å². The van der Waals surface area contributed by atoms with E-state index in [9.17, 15) is 4.79 Å². The molecule has 1 aromatic carbocycles. The first kappa shape index (κ1) is 9.26. The van der Waals surface area contributed by atoms with E-state index in [1.807, 2.05) is 30.3 Å². The van der Waals surface area contributed by atoms with Crippen molar-refractivity contribution < 1.29 is 14.4 Å². The molecule has 15 heavy (non-hydrogen) atoms. The lowest BCUT2D eigenvalue weighted by Gasteiger charge is -1.91. The van der Waals surface area contributed by atoms with E-state index in [0.29, 0.717) is 5.69 Å². The largest absolute Gasteiger partial charge is 0.465 e. The molecule has 0 saturated carbocycles. The van der Waals surface area contributed by atoms with Gasteiger partial charge >= 0.3 is 6.09 Å². The van der Waals surface area contributed by atoms with Gasteiger partial charge in [-0.15, -0.1) is 0 Å². The number of nitrogens with one attached hydrogen (secondary N) is 1. The Kier molecular flexibility index (Phi) is 2.37. The van der Waals surface area contributed by atoms with Crippen LogP contribution in [0.15, 0.2) is 40.9 Å². The van der Waals surface area contributed by atoms with Crippen LogP contribution in [0.4, 0.5) is 10.7 Å². The Labute approximate surface area is 85.3 Å². The number of aromatic nitrogens is 1. The molecule has 0 radical (unpaired) electrons. The molecule has 0 aliphatic heterocycles. The first-order valence-electron chi connectivity index (χ1n) is 4.28. The summed E-state index contributed by atoms with van der Waals surface area (Å²) >= 11 is 0. The molecule has 0 saturated heterocycles. The van der Waals surface area contributed by atoms with E-state index in [4.69, 9.17) is 9.63 Å². The zero-order chi connectivity index (χ0) is 10.7. The Hall–Kier alpha value is -2.30. The molecule has 1 heterocycles. The molecule has 1 amide bonds. The van der Waals surface area contributed by atoms with Gasteiger partial charge in [0.2, 0.25) is 5.88 Å². The minimum Gasteiger partial charge on any atom is -0.465 e. The van der Waals surface area contributed by atoms with Gasteiger partial charge in [0.1, 0.15) is 5.69 Å². The second-order valence-electron chi connectivity index (χ2n) is 2.87. The number of benzene rings is 1. The molecule has 0 fully saturated rings. The third-order valence-corrected chi connectivity index (χ3v) is 1.81. The highest BCUT2D eigenvalue weighted by Crippen LogP contribution is 2.20. The van der Waals surface area contributed by atoms with Gasteiger partial charge in [-0.25, -0.2) is 4.79 Å². The highest BCUT2D eigenvalue weighted by atomic mass is 16.5. The van der Waals surface area contributed by atoms with E-state index in [-0.39, 0.29) is 5.88 Å². The number of carbonyl (C=O) groups is 1. The van der Waals surface area contributed by atoms with Crippen LogP contribution in [0.2, 0.25) is 0 Å². The van der Waals surface area contributed by atoms with Gasteiger partial charge < -0.3 is 9.63 Å². The Morgan fingerprint density at radius 1 is 1.33 bits per heavy atom. The standard InChI is InChI=1S/C10H8N2O3/c13-10(14)11-9-6-8(12-15-9)7-4-2-1-3-5-7/h1-6,11H,(H,13,14). The number of nitrogens with zero attached hydrogens (tertiary/aromatic N) is 1. The highest BCUT2D eigenvalue weighted by molar-refractivity contribution is 5.81. The van der Waals surface area contributed by atoms with Gasteiger partial charge in [0.05, 0.1) is 0 Å². The molecule has 0 aliphatic carbocycles. The fourth-order valence-corrected chi connectivity index (χ4v) is 1.18. The van der Waals surface area contributed by atoms with Crippen LogP contribution in [0.1, 0.15) is 0 Å². The molecular weight excluding hydrogens is 196 g/mol. The van der Waals surface area contributed by atoms with Crippen LogP contribution in [0.25, 0.3) is 11.3 Å². The lowest BCUT2D eigenvalue weighted by atomic mass is 10.2. The molecule has 2 aromatic rings. The van der Waals surface area contributed by atoms with E-state index < -0.39 is 6.09 Å². The Morgan fingerprint density at radius 2 is 2.07 bits per heavy atom. The van der Waals surface area contributed by atoms with Crippen LogP contribution < -0.4 is 5.32 Å². The minimum absolute atomic E-state index is 0.112. The van der Waals surface area contributed by atoms with Crippen molar-refractivity contribution in [3.05, 3.63) is 36.4 Å². The summed E-state index contributed by atoms with van der Waals surface area (Å²) in [6.45, 7) is 0. The van der Waals surface area contributed by atoms with Gasteiger partial charge in [0, 0.05) is 11.6 Å². The molecule has 0 bridgehead atoms. The van der Waals surface area contributed by atoms with Gasteiger partial charge in [-0.1, -0.05) is 35.5 Å². The zero-order valence-corrected chi connectivity index (χ0v) is 7.68. The summed E-state index contributed by atoms with van der Waals surface area (Å²) in [5.41, 5.74) is 1.47. The molecular formula is C10H8N2O3. The monoisotopic (exact) mass is 204 g/mol. The smallest absolute Gasteiger partial charge is 0.411 e. The van der Waals surface area contributed by atoms with Gasteiger partial charge in [-0.05, 0) is 0 Å². The topological polar surface area (TPSA) is 75.4 Å². The summed E-state index contributed by atoms with van der Waals surface area (Å²) in [7, 11) is 0. The lowest BCUT2D eigenvalue weighted by molar-refractivity contribution is 0.208. The molecule has 2 N–H and O–H groups in total. The normalized spacial score (nSPS) is 9.87. The van der Waals surface area contributed by atoms with E-state index in [2.05, 4.69) is 10.5 Å². The molecule has 0 aliphatic rings. The van der Waals surface area contributed by atoms with Crippen LogP contribution in [-0.2, 0) is 0 Å². The summed E-state index contributed by atoms with van der Waals surface area (Å²) in [5.74, 6) is 0.112. The molecule has 1 aromatic heterocycles. The van der Waals surface area contributed by atoms with Crippen molar-refractivity contribution in [2.75, 3.05) is 5.32 Å². The third kappa shape index (κ3) is 2.14. The van der Waals surface area contributed by atoms with Crippen LogP contribution in [0, 0.1) is 0 Å². The van der Waals surface area contributed by atoms with Crippen molar-refractivity contribution in [1.29, 1.82) is 0 Å². The zero-order valence-electron chi connectivity index (χ0n) is 7.68. The summed E-state index contributed by atoms with van der Waals surface area (Å²) in [4.78, 5) is 10.3. The molecule has 2 rings (SSSR count). The third-order valence-electron chi connectivity index (χ3n) is 1.81. The summed E-state index contributed by atoms with van der Waals surface area (Å²) < 4.78 is 4.79. The molecule has 76 valence electrons. The fraction of sp³-hybridized carbons (Fsp3) is 0. The van der Waals surface area contributed by atoms with Gasteiger partial charge in [-0.2, -0.15) is 0 Å². The maximum absolute atomic E-state index is 10.3. The predicted molar refractivity (Wildman–Crippen MR) is 53.6 cm³/mol. The maximum atomic E-state index is 10.3. The number of hydrogen-bond acceptors (Lipinski definition) is 3. The number of carboxylic acid groups (broad SMARTS) is 1. The first-order valence-corrected chi connectivity index (χ1v) is 4.28. The summed E-state index contributed by atoms with van der Waals surface area (Å²) in [6, 6.07) is 10.9. The van der Waals surface area contributed by atoms with Gasteiger partial charge in [0.15, 0.2) is 0 Å². The van der Waals surface area contributed by atoms with Crippen molar-refractivity contribution in [2.45, 2.75) is 0 Å². The van der Waals surface area contributed by atoms with Crippen molar-refractivity contribution in [3.8, 4) is 11.3 Å². The van der Waals surface area contributed by atoms with E-state index >= 15 is 0 Å². The molecule has 5 heteroatoms. The van der Waals surface area contributed by atoms with E-state index in [0.717, 1.165) is 5.56 Å². The van der Waals surface area contributed by atoms with E-state index in [1.165, 1.54) is 6.07 Å². The fourth-order valence-electron chi connectivity index (χ4n) is 1.18. The van der Waals surface area contributed by atoms with Crippen molar-refractivity contribution in [1.82, 2.24) is 5.16 Å². The summed E-state index contributed by atoms with van der Waals surface area (Å²) in [5, 5.41) is 14.3. The van der Waals surface area contributed by atoms with Crippen molar-refractivity contribution in [3.63, 3.8) is 0 Å². The Bertz CT molecular complexity index is 465. The number of rotatable bonds is 2. The first-order chi connectivity index (χ1) is 7.25. The van der Waals surface area contributed by atoms with Gasteiger partial charge in [0.25, 0.3) is 0 Å². The highest BCUT2D eigenvalue weighted by Gasteiger charge is 2.07. The molecule has 5 nitrogen and oxygen atoms in total. The number of amides is 1. The minimum atomic E-state index is -1.18. The SMILES string of the molecule is O=C(O)Nc1cc(-c2ccccc2)no1. The average Bonchev–Trinajstić information content (AvgIpc) is 2.67. The maximum Gasteiger partial charge on any atom is 0.411 e. The number of anilines is 1. The quantitative estimate of drug-likeness (QED) is 0.787. The lowest BCUT2D eigenvalue weighted by Crippen LogP contribution is -2.05.